The fourth-order valence-corrected chi connectivity index (χ4v) is 4.19. The Morgan fingerprint density at radius 2 is 1.88 bits per heavy atom. The van der Waals surface area contributed by atoms with E-state index in [4.69, 9.17) is 0 Å². The lowest BCUT2D eigenvalue weighted by Crippen LogP contribution is -2.20. The van der Waals surface area contributed by atoms with Gasteiger partial charge in [-0.1, -0.05) is 65.8 Å². The molecule has 7 nitrogen and oxygen atoms in total. The van der Waals surface area contributed by atoms with Crippen LogP contribution in [0.2, 0.25) is 0 Å². The number of aromatic nitrogens is 4. The molecule has 0 radical (unpaired) electrons. The zero-order valence-corrected chi connectivity index (χ0v) is 21.1. The standard InChI is InChI=1S/C25H23BrN6OS/c1-17(2)19-7-5-18(6-8-19)14-28-29-23(33)16-34-25-31-30-24(20-4-3-13-27-15-20)32(25)22-11-9-21(26)10-12-22/h3-15,17H,16H2,1-2H3,(H,29,33). The van der Waals surface area contributed by atoms with Gasteiger partial charge < -0.3 is 0 Å². The molecule has 0 saturated heterocycles. The van der Waals surface area contributed by atoms with Crippen LogP contribution < -0.4 is 5.43 Å². The highest BCUT2D eigenvalue weighted by Crippen LogP contribution is 2.28. The average molecular weight is 535 g/mol. The van der Waals surface area contributed by atoms with E-state index >= 15 is 0 Å². The number of halogens is 1. The Balaban J connectivity index is 1.45. The van der Waals surface area contributed by atoms with Crippen LogP contribution in [0.1, 0.15) is 30.9 Å². The van der Waals surface area contributed by atoms with E-state index in [1.54, 1.807) is 18.6 Å². The van der Waals surface area contributed by atoms with Crippen molar-refractivity contribution in [3.05, 3.63) is 88.7 Å². The summed E-state index contributed by atoms with van der Waals surface area (Å²) in [4.78, 5) is 16.6. The van der Waals surface area contributed by atoms with E-state index in [2.05, 4.69) is 67.6 Å². The van der Waals surface area contributed by atoms with Crippen LogP contribution in [0.4, 0.5) is 0 Å². The Kier molecular flexibility index (Phi) is 7.87. The molecule has 0 fully saturated rings. The lowest BCUT2D eigenvalue weighted by atomic mass is 10.0. The highest BCUT2D eigenvalue weighted by atomic mass is 79.9. The van der Waals surface area contributed by atoms with Gasteiger partial charge in [-0.2, -0.15) is 5.10 Å². The van der Waals surface area contributed by atoms with Crippen molar-refractivity contribution in [2.24, 2.45) is 5.10 Å². The highest BCUT2D eigenvalue weighted by Gasteiger charge is 2.17. The van der Waals surface area contributed by atoms with Crippen molar-refractivity contribution in [3.8, 4) is 17.1 Å². The number of nitrogens with one attached hydrogen (secondary N) is 1. The number of amides is 1. The van der Waals surface area contributed by atoms with Gasteiger partial charge in [-0.25, -0.2) is 5.43 Å². The number of thioether (sulfide) groups is 1. The largest absolute Gasteiger partial charge is 0.272 e. The van der Waals surface area contributed by atoms with Crippen LogP contribution in [0.5, 0.6) is 0 Å². The molecule has 0 atom stereocenters. The number of carbonyl (C=O) groups excluding carboxylic acids is 1. The molecule has 0 spiro atoms. The summed E-state index contributed by atoms with van der Waals surface area (Å²) in [7, 11) is 0. The molecule has 1 N–H and O–H groups in total. The molecule has 0 bridgehead atoms. The molecule has 0 aliphatic carbocycles. The van der Waals surface area contributed by atoms with Crippen LogP contribution in [0.25, 0.3) is 17.1 Å². The zero-order valence-electron chi connectivity index (χ0n) is 18.7. The Bertz CT molecular complexity index is 1270. The maximum atomic E-state index is 12.4. The third kappa shape index (κ3) is 5.98. The van der Waals surface area contributed by atoms with Crippen molar-refractivity contribution in [1.82, 2.24) is 25.2 Å². The zero-order chi connectivity index (χ0) is 23.9. The molecule has 2 heterocycles. The van der Waals surface area contributed by atoms with Crippen LogP contribution in [-0.4, -0.2) is 37.6 Å². The van der Waals surface area contributed by atoms with Gasteiger partial charge in [0.05, 0.1) is 12.0 Å². The molecule has 2 aromatic heterocycles. The molecular weight excluding hydrogens is 512 g/mol. The molecule has 0 saturated carbocycles. The van der Waals surface area contributed by atoms with Crippen LogP contribution in [0.3, 0.4) is 0 Å². The lowest BCUT2D eigenvalue weighted by molar-refractivity contribution is -0.118. The van der Waals surface area contributed by atoms with E-state index in [9.17, 15) is 4.79 Å². The number of benzene rings is 2. The van der Waals surface area contributed by atoms with Gasteiger partial charge in [0.2, 0.25) is 0 Å². The van der Waals surface area contributed by atoms with Crippen LogP contribution >= 0.6 is 27.7 Å². The summed E-state index contributed by atoms with van der Waals surface area (Å²) >= 11 is 4.76. The van der Waals surface area contributed by atoms with Gasteiger partial charge in [0, 0.05) is 28.1 Å². The van der Waals surface area contributed by atoms with Crippen molar-refractivity contribution in [2.75, 3.05) is 5.75 Å². The maximum Gasteiger partial charge on any atom is 0.250 e. The molecule has 9 heteroatoms. The Morgan fingerprint density at radius 1 is 1.12 bits per heavy atom. The monoisotopic (exact) mass is 534 g/mol. The second-order valence-corrected chi connectivity index (χ2v) is 9.62. The number of pyridine rings is 1. The van der Waals surface area contributed by atoms with Crippen LogP contribution in [-0.2, 0) is 4.79 Å². The molecule has 4 rings (SSSR count). The minimum atomic E-state index is -0.228. The van der Waals surface area contributed by atoms with Crippen molar-refractivity contribution in [1.29, 1.82) is 0 Å². The van der Waals surface area contributed by atoms with Gasteiger partial charge >= 0.3 is 0 Å². The van der Waals surface area contributed by atoms with E-state index in [1.807, 2.05) is 53.1 Å². The first kappa shape index (κ1) is 23.8. The molecule has 4 aromatic rings. The fourth-order valence-electron chi connectivity index (χ4n) is 3.18. The van der Waals surface area contributed by atoms with Crippen molar-refractivity contribution in [3.63, 3.8) is 0 Å². The first-order chi connectivity index (χ1) is 16.5. The number of rotatable bonds is 8. The summed E-state index contributed by atoms with van der Waals surface area (Å²) in [5, 5.41) is 13.4. The van der Waals surface area contributed by atoms with E-state index in [1.165, 1.54) is 17.3 Å². The maximum absolute atomic E-state index is 12.4. The van der Waals surface area contributed by atoms with Crippen LogP contribution in [0, 0.1) is 0 Å². The second kappa shape index (κ2) is 11.2. The molecule has 0 aliphatic rings. The average Bonchev–Trinajstić information content (AvgIpc) is 3.28. The molecule has 34 heavy (non-hydrogen) atoms. The van der Waals surface area contributed by atoms with E-state index < -0.39 is 0 Å². The topological polar surface area (TPSA) is 85.1 Å². The summed E-state index contributed by atoms with van der Waals surface area (Å²) in [5.41, 5.74) is 6.49. The van der Waals surface area contributed by atoms with Gasteiger partial charge in [-0.05, 0) is 53.4 Å². The summed E-state index contributed by atoms with van der Waals surface area (Å²) in [5.74, 6) is 1.04. The summed E-state index contributed by atoms with van der Waals surface area (Å²) in [6.45, 7) is 4.30. The SMILES string of the molecule is CC(C)c1ccc(C=NNC(=O)CSc2nnc(-c3cccnc3)n2-c2ccc(Br)cc2)cc1. The number of hydrazone groups is 1. The first-order valence-corrected chi connectivity index (χ1v) is 12.5. The third-order valence-electron chi connectivity index (χ3n) is 4.98. The molecule has 0 unspecified atom stereocenters. The number of hydrogen-bond donors (Lipinski definition) is 1. The first-order valence-electron chi connectivity index (χ1n) is 10.7. The Morgan fingerprint density at radius 3 is 2.56 bits per heavy atom. The van der Waals surface area contributed by atoms with E-state index in [0.29, 0.717) is 16.9 Å². The lowest BCUT2D eigenvalue weighted by Gasteiger charge is -2.10. The highest BCUT2D eigenvalue weighted by molar-refractivity contribution is 9.10. The van der Waals surface area contributed by atoms with Gasteiger partial charge in [0.1, 0.15) is 0 Å². The molecular formula is C25H23BrN6OS. The van der Waals surface area contributed by atoms with E-state index in [-0.39, 0.29) is 11.7 Å². The Labute approximate surface area is 210 Å². The van der Waals surface area contributed by atoms with Crippen molar-refractivity contribution < 1.29 is 4.79 Å². The normalized spacial score (nSPS) is 11.3. The minimum absolute atomic E-state index is 0.144. The molecule has 172 valence electrons. The van der Waals surface area contributed by atoms with Crippen molar-refractivity contribution in [2.45, 2.75) is 24.9 Å². The van der Waals surface area contributed by atoms with Gasteiger partial charge in [-0.3, -0.25) is 14.3 Å². The number of hydrogen-bond acceptors (Lipinski definition) is 6. The summed E-state index contributed by atoms with van der Waals surface area (Å²) < 4.78 is 2.89. The summed E-state index contributed by atoms with van der Waals surface area (Å²) in [6, 6.07) is 19.7. The third-order valence-corrected chi connectivity index (χ3v) is 6.43. The minimum Gasteiger partial charge on any atom is -0.272 e. The number of nitrogens with zero attached hydrogens (tertiary/aromatic N) is 5. The van der Waals surface area contributed by atoms with Gasteiger partial charge in [0.15, 0.2) is 11.0 Å². The molecule has 2 aromatic carbocycles. The smallest absolute Gasteiger partial charge is 0.250 e. The van der Waals surface area contributed by atoms with E-state index in [0.717, 1.165) is 21.3 Å². The van der Waals surface area contributed by atoms with Crippen molar-refractivity contribution >= 4 is 39.8 Å². The quantitative estimate of drug-likeness (QED) is 0.184. The van der Waals surface area contributed by atoms with Gasteiger partial charge in [0.25, 0.3) is 5.91 Å². The predicted molar refractivity (Wildman–Crippen MR) is 139 cm³/mol. The second-order valence-electron chi connectivity index (χ2n) is 7.76. The number of carbonyl (C=O) groups is 1. The molecule has 0 aliphatic heterocycles. The summed E-state index contributed by atoms with van der Waals surface area (Å²) in [6.07, 6.45) is 5.09. The van der Waals surface area contributed by atoms with Gasteiger partial charge in [-0.15, -0.1) is 10.2 Å². The predicted octanol–water partition coefficient (Wildman–Crippen LogP) is 5.46. The molecule has 1 amide bonds. The Hall–Kier alpha value is -3.30. The fraction of sp³-hybridized carbons (Fsp3) is 0.160. The van der Waals surface area contributed by atoms with Crippen LogP contribution in [0.15, 0.2) is 87.8 Å².